The number of para-hydroxylation sites is 1. The molecule has 0 aliphatic rings. The summed E-state index contributed by atoms with van der Waals surface area (Å²) in [4.78, 5) is 37.2. The number of carbonyl (C=O) groups excluding carboxylic acids is 1. The van der Waals surface area contributed by atoms with Crippen LogP contribution in [0.15, 0.2) is 109 Å². The molecule has 3 heterocycles. The third-order valence-corrected chi connectivity index (χ3v) is 8.44. The topological polar surface area (TPSA) is 116 Å². The maximum Gasteiger partial charge on any atom is 0.323 e. The number of hydrogen-bond acceptors (Lipinski definition) is 6. The molecular formula is C39H41N7O3. The lowest BCUT2D eigenvalue weighted by Crippen LogP contribution is -2.30. The van der Waals surface area contributed by atoms with Crippen LogP contribution >= 0.6 is 0 Å². The van der Waals surface area contributed by atoms with Gasteiger partial charge in [0.1, 0.15) is 29.7 Å². The summed E-state index contributed by atoms with van der Waals surface area (Å²) in [7, 11) is 0. The average molecular weight is 656 g/mol. The van der Waals surface area contributed by atoms with Gasteiger partial charge in [0.05, 0.1) is 13.2 Å². The Morgan fingerprint density at radius 3 is 2.31 bits per heavy atom. The van der Waals surface area contributed by atoms with Gasteiger partial charge in [0.2, 0.25) is 0 Å². The Labute approximate surface area is 285 Å². The van der Waals surface area contributed by atoms with Crippen molar-refractivity contribution in [3.63, 3.8) is 0 Å². The molecule has 0 aliphatic heterocycles. The third-order valence-electron chi connectivity index (χ3n) is 8.44. The molecule has 250 valence electrons. The van der Waals surface area contributed by atoms with Crippen molar-refractivity contribution in [3.8, 4) is 16.9 Å². The Morgan fingerprint density at radius 2 is 1.59 bits per heavy atom. The van der Waals surface area contributed by atoms with Crippen LogP contribution in [0.2, 0.25) is 0 Å². The Hall–Kier alpha value is -5.77. The van der Waals surface area contributed by atoms with Crippen LogP contribution < -0.4 is 20.9 Å². The van der Waals surface area contributed by atoms with Crippen molar-refractivity contribution in [2.45, 2.75) is 59.0 Å². The summed E-state index contributed by atoms with van der Waals surface area (Å²) in [6, 6.07) is 26.7. The molecule has 2 N–H and O–H groups in total. The summed E-state index contributed by atoms with van der Waals surface area (Å²) < 4.78 is 9.50. The minimum atomic E-state index is -0.497. The van der Waals surface area contributed by atoms with E-state index in [0.717, 1.165) is 39.7 Å². The molecule has 3 aromatic carbocycles. The van der Waals surface area contributed by atoms with E-state index in [1.807, 2.05) is 84.9 Å². The number of pyridine rings is 2. The van der Waals surface area contributed by atoms with Crippen LogP contribution in [0.3, 0.4) is 0 Å². The van der Waals surface area contributed by atoms with E-state index in [-0.39, 0.29) is 29.6 Å². The first-order chi connectivity index (χ1) is 23.8. The van der Waals surface area contributed by atoms with Gasteiger partial charge in [-0.3, -0.25) is 14.0 Å². The van der Waals surface area contributed by atoms with Crippen molar-refractivity contribution in [2.24, 2.45) is 0 Å². The van der Waals surface area contributed by atoms with Crippen molar-refractivity contribution >= 4 is 28.4 Å². The maximum atomic E-state index is 14.6. The standard InChI is InChI=1S/C39H41N7O3/c1-26(2)31-16-9-17-32(27(3)4)35(31)43-39(48)44-36-34(29-14-8-15-30(22-29)49-21-11-20-45-25-40-24-42-45)33-18-10-19-41-37(33)46(38(36)47)23-28-12-6-5-7-13-28/h5-10,12-19,22,24-27H,11,20-21,23H2,1-4H3,(H2,43,44,48). The largest absolute Gasteiger partial charge is 0.494 e. The first-order valence-electron chi connectivity index (χ1n) is 16.6. The molecule has 0 fully saturated rings. The number of amides is 2. The zero-order valence-electron chi connectivity index (χ0n) is 28.3. The molecular weight excluding hydrogens is 614 g/mol. The normalized spacial score (nSPS) is 11.3. The summed E-state index contributed by atoms with van der Waals surface area (Å²) in [6.45, 7) is 9.83. The number of ether oxygens (including phenoxy) is 1. The average Bonchev–Trinajstić information content (AvgIpc) is 3.63. The lowest BCUT2D eigenvalue weighted by molar-refractivity contribution is 0.262. The van der Waals surface area contributed by atoms with E-state index in [1.165, 1.54) is 6.33 Å². The van der Waals surface area contributed by atoms with Crippen LogP contribution in [0.25, 0.3) is 22.2 Å². The van der Waals surface area contributed by atoms with Gasteiger partial charge < -0.3 is 15.4 Å². The number of urea groups is 1. The summed E-state index contributed by atoms with van der Waals surface area (Å²) in [5.41, 5.74) is 5.36. The van der Waals surface area contributed by atoms with Crippen LogP contribution in [-0.4, -0.2) is 37.0 Å². The van der Waals surface area contributed by atoms with Crippen LogP contribution in [0.1, 0.15) is 62.6 Å². The molecule has 0 saturated heterocycles. The fraction of sp³-hybridized carbons (Fsp3) is 0.256. The van der Waals surface area contributed by atoms with Crippen molar-refractivity contribution in [2.75, 3.05) is 17.2 Å². The van der Waals surface area contributed by atoms with Gasteiger partial charge in [-0.15, -0.1) is 0 Å². The Kier molecular flexibility index (Phi) is 10.1. The van der Waals surface area contributed by atoms with Gasteiger partial charge in [0.25, 0.3) is 5.56 Å². The molecule has 0 atom stereocenters. The van der Waals surface area contributed by atoms with E-state index in [9.17, 15) is 9.59 Å². The molecule has 6 rings (SSSR count). The number of aromatic nitrogens is 5. The number of aryl methyl sites for hydroxylation is 1. The number of hydrogen-bond donors (Lipinski definition) is 2. The SMILES string of the molecule is CC(C)c1cccc(C(C)C)c1NC(=O)Nc1c(-c2cccc(OCCCn3cncn3)c2)c2cccnc2n(Cc2ccccc2)c1=O. The predicted molar refractivity (Wildman–Crippen MR) is 194 cm³/mol. The molecule has 49 heavy (non-hydrogen) atoms. The summed E-state index contributed by atoms with van der Waals surface area (Å²) in [5.74, 6) is 1.00. The van der Waals surface area contributed by atoms with E-state index in [4.69, 9.17) is 4.74 Å². The van der Waals surface area contributed by atoms with Crippen molar-refractivity contribution in [3.05, 3.63) is 131 Å². The quantitative estimate of drug-likeness (QED) is 0.129. The van der Waals surface area contributed by atoms with Gasteiger partial charge in [0, 0.05) is 35.8 Å². The Balaban J connectivity index is 1.42. The molecule has 10 nitrogen and oxygen atoms in total. The van der Waals surface area contributed by atoms with Crippen molar-refractivity contribution in [1.29, 1.82) is 0 Å². The first-order valence-corrected chi connectivity index (χ1v) is 16.6. The van der Waals surface area contributed by atoms with Crippen LogP contribution in [0.5, 0.6) is 5.75 Å². The van der Waals surface area contributed by atoms with Gasteiger partial charge >= 0.3 is 6.03 Å². The highest BCUT2D eigenvalue weighted by Gasteiger charge is 2.23. The number of anilines is 2. The van der Waals surface area contributed by atoms with Gasteiger partial charge in [-0.25, -0.2) is 14.8 Å². The molecule has 0 bridgehead atoms. The predicted octanol–water partition coefficient (Wildman–Crippen LogP) is 8.06. The lowest BCUT2D eigenvalue weighted by atomic mass is 9.93. The highest BCUT2D eigenvalue weighted by atomic mass is 16.5. The minimum Gasteiger partial charge on any atom is -0.494 e. The fourth-order valence-electron chi connectivity index (χ4n) is 6.07. The summed E-state index contributed by atoms with van der Waals surface area (Å²) >= 11 is 0. The van der Waals surface area contributed by atoms with Crippen LogP contribution in [0, 0.1) is 0 Å². The number of benzene rings is 3. The molecule has 10 heteroatoms. The zero-order chi connectivity index (χ0) is 34.3. The second-order valence-corrected chi connectivity index (χ2v) is 12.6. The lowest BCUT2D eigenvalue weighted by Gasteiger charge is -2.22. The van der Waals surface area contributed by atoms with E-state index in [0.29, 0.717) is 30.1 Å². The number of fused-ring (bicyclic) bond motifs is 1. The smallest absolute Gasteiger partial charge is 0.323 e. The van der Waals surface area contributed by atoms with Gasteiger partial charge in [0.15, 0.2) is 0 Å². The number of nitrogens with zero attached hydrogens (tertiary/aromatic N) is 5. The third kappa shape index (κ3) is 7.54. The second kappa shape index (κ2) is 15.0. The number of rotatable bonds is 12. The molecule has 6 aromatic rings. The van der Waals surface area contributed by atoms with Gasteiger partial charge in [-0.2, -0.15) is 5.10 Å². The van der Waals surface area contributed by atoms with E-state index >= 15 is 0 Å². The van der Waals surface area contributed by atoms with Crippen molar-refractivity contribution < 1.29 is 9.53 Å². The summed E-state index contributed by atoms with van der Waals surface area (Å²) in [5, 5.41) is 11.0. The molecule has 0 aliphatic carbocycles. The van der Waals surface area contributed by atoms with Crippen LogP contribution in [0.4, 0.5) is 16.2 Å². The monoisotopic (exact) mass is 655 g/mol. The van der Waals surface area contributed by atoms with Gasteiger partial charge in [-0.05, 0) is 58.4 Å². The van der Waals surface area contributed by atoms with E-state index < -0.39 is 6.03 Å². The number of nitrogens with one attached hydrogen (secondary N) is 2. The van der Waals surface area contributed by atoms with Crippen LogP contribution in [-0.2, 0) is 13.1 Å². The zero-order valence-corrected chi connectivity index (χ0v) is 28.3. The molecule has 0 saturated carbocycles. The minimum absolute atomic E-state index is 0.158. The molecule has 0 radical (unpaired) electrons. The Morgan fingerprint density at radius 1 is 0.857 bits per heavy atom. The number of carbonyl (C=O) groups is 1. The molecule has 2 amide bonds. The Bertz CT molecular complexity index is 2080. The van der Waals surface area contributed by atoms with E-state index in [1.54, 1.807) is 21.8 Å². The molecule has 0 unspecified atom stereocenters. The van der Waals surface area contributed by atoms with Gasteiger partial charge in [-0.1, -0.05) is 88.4 Å². The molecule has 0 spiro atoms. The van der Waals surface area contributed by atoms with E-state index in [2.05, 4.69) is 53.4 Å². The second-order valence-electron chi connectivity index (χ2n) is 12.6. The van der Waals surface area contributed by atoms with Crippen molar-refractivity contribution in [1.82, 2.24) is 24.3 Å². The fourth-order valence-corrected chi connectivity index (χ4v) is 6.07. The molecule has 3 aromatic heterocycles. The highest BCUT2D eigenvalue weighted by molar-refractivity contribution is 6.07. The maximum absolute atomic E-state index is 14.6. The summed E-state index contributed by atoms with van der Waals surface area (Å²) in [6.07, 6.45) is 5.60. The first kappa shape index (κ1) is 33.1. The highest BCUT2D eigenvalue weighted by Crippen LogP contribution is 2.36.